The molecule has 0 saturated carbocycles. The van der Waals surface area contributed by atoms with E-state index >= 15 is 0 Å². The third-order valence-corrected chi connectivity index (χ3v) is 1.26. The number of carboxylic acids is 1. The van der Waals surface area contributed by atoms with Gasteiger partial charge in [0.1, 0.15) is 5.75 Å². The summed E-state index contributed by atoms with van der Waals surface area (Å²) in [5, 5.41) is 26.0. The molecule has 0 fully saturated rings. The van der Waals surface area contributed by atoms with Gasteiger partial charge in [0.25, 0.3) is 0 Å². The van der Waals surface area contributed by atoms with Gasteiger partial charge in [-0.1, -0.05) is 0 Å². The Bertz CT molecular complexity index is 326. The highest BCUT2D eigenvalue weighted by Gasteiger charge is 2.06. The molecule has 0 aliphatic carbocycles. The van der Waals surface area contributed by atoms with E-state index < -0.39 is 11.7 Å². The first-order valence-electron chi connectivity index (χ1n) is 3.11. The van der Waals surface area contributed by atoms with E-state index in [1.807, 2.05) is 0 Å². The molecule has 5 nitrogen and oxygen atoms in total. The Morgan fingerprint density at radius 3 is 2.58 bits per heavy atom. The number of rotatable bonds is 2. The van der Waals surface area contributed by atoms with Crippen LogP contribution in [0.1, 0.15) is 5.69 Å². The fourth-order valence-electron chi connectivity index (χ4n) is 0.688. The summed E-state index contributed by atoms with van der Waals surface area (Å²) < 4.78 is 0. The average molecular weight is 169 g/mol. The lowest BCUT2D eigenvalue weighted by atomic mass is 10.3. The third-order valence-electron chi connectivity index (χ3n) is 1.26. The monoisotopic (exact) mass is 169 g/mol. The van der Waals surface area contributed by atoms with Gasteiger partial charge in [-0.15, -0.1) is 0 Å². The smallest absolute Gasteiger partial charge is 0.371 e. The molecule has 0 radical (unpaired) electrons. The first-order valence-corrected chi connectivity index (χ1v) is 3.11. The van der Waals surface area contributed by atoms with Gasteiger partial charge in [0.05, 0.1) is 5.69 Å². The van der Waals surface area contributed by atoms with Gasteiger partial charge >= 0.3 is 5.97 Å². The van der Waals surface area contributed by atoms with Gasteiger partial charge in [-0.3, -0.25) is 0 Å². The van der Waals surface area contributed by atoms with Gasteiger partial charge < -0.3 is 20.3 Å². The third kappa shape index (κ3) is 1.57. The second-order valence-corrected chi connectivity index (χ2v) is 2.11. The van der Waals surface area contributed by atoms with E-state index in [9.17, 15) is 4.79 Å². The van der Waals surface area contributed by atoms with Crippen molar-refractivity contribution >= 4 is 12.0 Å². The van der Waals surface area contributed by atoms with Crippen LogP contribution in [0.3, 0.4) is 0 Å². The van der Waals surface area contributed by atoms with Crippen LogP contribution in [0.5, 0.6) is 5.75 Å². The number of aliphatic carboxylic acids is 1. The molecule has 0 unspecified atom stereocenters. The topological polar surface area (TPSA) is 93.5 Å². The van der Waals surface area contributed by atoms with Crippen LogP contribution in [0.15, 0.2) is 18.0 Å². The molecule has 0 aliphatic rings. The summed E-state index contributed by atoms with van der Waals surface area (Å²) in [5.74, 6) is -2.38. The lowest BCUT2D eigenvalue weighted by molar-refractivity contribution is -0.135. The fraction of sp³-hybridized carbons (Fsp3) is 0. The van der Waals surface area contributed by atoms with Crippen molar-refractivity contribution in [3.8, 4) is 5.75 Å². The maximum atomic E-state index is 10.1. The molecular weight excluding hydrogens is 162 g/mol. The molecule has 0 amide bonds. The Morgan fingerprint density at radius 2 is 2.17 bits per heavy atom. The summed E-state index contributed by atoms with van der Waals surface area (Å²) in [6, 6.07) is 1.35. The second-order valence-electron chi connectivity index (χ2n) is 2.11. The highest BCUT2D eigenvalue weighted by Crippen LogP contribution is 2.16. The highest BCUT2D eigenvalue weighted by molar-refractivity contribution is 5.89. The van der Waals surface area contributed by atoms with Crippen molar-refractivity contribution in [2.75, 3.05) is 0 Å². The van der Waals surface area contributed by atoms with Crippen molar-refractivity contribution < 1.29 is 20.1 Å². The Labute approximate surface area is 67.6 Å². The van der Waals surface area contributed by atoms with E-state index in [-0.39, 0.29) is 11.4 Å². The second kappa shape index (κ2) is 3.00. The van der Waals surface area contributed by atoms with Crippen LogP contribution >= 0.6 is 0 Å². The van der Waals surface area contributed by atoms with Gasteiger partial charge in [0.15, 0.2) is 0 Å². The largest absolute Gasteiger partial charge is 0.506 e. The summed E-state index contributed by atoms with van der Waals surface area (Å²) in [5.41, 5.74) is 0.162. The summed E-state index contributed by atoms with van der Waals surface area (Å²) in [6.07, 6.45) is 2.36. The molecule has 0 aliphatic heterocycles. The molecular formula is C7H7NO4. The van der Waals surface area contributed by atoms with Gasteiger partial charge in [0, 0.05) is 12.3 Å². The first-order chi connectivity index (χ1) is 5.61. The Kier molecular flexibility index (Phi) is 2.05. The maximum absolute atomic E-state index is 10.1. The Morgan fingerprint density at radius 1 is 1.50 bits per heavy atom. The SMILES string of the molecule is O=C(O)C(O)=Cc1[nH]ccc1O. The number of carbonyl (C=O) groups is 1. The molecule has 1 aromatic rings. The fourth-order valence-corrected chi connectivity index (χ4v) is 0.688. The van der Waals surface area contributed by atoms with Gasteiger partial charge in [0.2, 0.25) is 5.76 Å². The first kappa shape index (κ1) is 8.19. The van der Waals surface area contributed by atoms with Crippen molar-refractivity contribution in [1.29, 1.82) is 0 Å². The molecule has 1 aromatic heterocycles. The van der Waals surface area contributed by atoms with Crippen molar-refractivity contribution in [3.05, 3.63) is 23.7 Å². The molecule has 12 heavy (non-hydrogen) atoms. The number of hydrogen-bond donors (Lipinski definition) is 4. The van der Waals surface area contributed by atoms with Gasteiger partial charge in [-0.2, -0.15) is 0 Å². The van der Waals surface area contributed by atoms with Gasteiger partial charge in [-0.05, 0) is 6.07 Å². The zero-order valence-corrected chi connectivity index (χ0v) is 5.98. The zero-order chi connectivity index (χ0) is 9.14. The number of aliphatic hydroxyl groups is 1. The lowest BCUT2D eigenvalue weighted by Gasteiger charge is -1.91. The Balaban J connectivity index is 2.95. The van der Waals surface area contributed by atoms with Crippen LogP contribution < -0.4 is 0 Å². The molecule has 0 aromatic carbocycles. The molecule has 0 spiro atoms. The number of aromatic hydroxyl groups is 1. The van der Waals surface area contributed by atoms with Crippen LogP contribution in [-0.4, -0.2) is 26.3 Å². The molecule has 64 valence electrons. The van der Waals surface area contributed by atoms with Crippen LogP contribution in [0.25, 0.3) is 6.08 Å². The van der Waals surface area contributed by atoms with Crippen LogP contribution in [0.4, 0.5) is 0 Å². The number of nitrogens with one attached hydrogen (secondary N) is 1. The van der Waals surface area contributed by atoms with Crippen LogP contribution in [0, 0.1) is 0 Å². The number of aromatic nitrogens is 1. The quantitative estimate of drug-likeness (QED) is 0.387. The number of H-pyrrole nitrogens is 1. The summed E-state index contributed by atoms with van der Waals surface area (Å²) in [7, 11) is 0. The average Bonchev–Trinajstić information content (AvgIpc) is 2.36. The molecule has 5 heteroatoms. The lowest BCUT2D eigenvalue weighted by Crippen LogP contribution is -1.98. The van der Waals surface area contributed by atoms with Gasteiger partial charge in [-0.25, -0.2) is 4.79 Å². The number of aliphatic hydroxyl groups excluding tert-OH is 1. The predicted octanol–water partition coefficient (Wildman–Crippen LogP) is 0.704. The van der Waals surface area contributed by atoms with Crippen molar-refractivity contribution in [2.24, 2.45) is 0 Å². The number of carboxylic acid groups (broad SMARTS) is 1. The van der Waals surface area contributed by atoms with E-state index in [1.54, 1.807) is 0 Å². The van der Waals surface area contributed by atoms with E-state index in [4.69, 9.17) is 15.3 Å². The van der Waals surface area contributed by atoms with E-state index in [1.165, 1.54) is 12.3 Å². The predicted molar refractivity (Wildman–Crippen MR) is 40.7 cm³/mol. The molecule has 1 rings (SSSR count). The standard InChI is InChI=1S/C7H7NO4/c9-5-1-2-8-4(5)3-6(10)7(11)12/h1-3,8-10H,(H,11,12). The minimum Gasteiger partial charge on any atom is -0.506 e. The molecule has 1 heterocycles. The van der Waals surface area contributed by atoms with Crippen molar-refractivity contribution in [2.45, 2.75) is 0 Å². The number of aromatic amines is 1. The minimum atomic E-state index is -1.44. The minimum absolute atomic E-state index is 0.109. The summed E-state index contributed by atoms with van der Waals surface area (Å²) in [6.45, 7) is 0. The van der Waals surface area contributed by atoms with Crippen LogP contribution in [-0.2, 0) is 4.79 Å². The number of hydrogen-bond acceptors (Lipinski definition) is 3. The van der Waals surface area contributed by atoms with Crippen molar-refractivity contribution in [1.82, 2.24) is 4.98 Å². The highest BCUT2D eigenvalue weighted by atomic mass is 16.4. The molecule has 0 atom stereocenters. The van der Waals surface area contributed by atoms with Crippen LogP contribution in [0.2, 0.25) is 0 Å². The molecule has 0 bridgehead atoms. The summed E-state index contributed by atoms with van der Waals surface area (Å²) >= 11 is 0. The zero-order valence-electron chi connectivity index (χ0n) is 5.98. The van der Waals surface area contributed by atoms with Crippen molar-refractivity contribution in [3.63, 3.8) is 0 Å². The normalized spacial score (nSPS) is 11.5. The molecule has 4 N–H and O–H groups in total. The Hall–Kier alpha value is -1.91. The van der Waals surface area contributed by atoms with E-state index in [0.717, 1.165) is 6.08 Å². The van der Waals surface area contributed by atoms with E-state index in [0.29, 0.717) is 0 Å². The van der Waals surface area contributed by atoms with E-state index in [2.05, 4.69) is 4.98 Å². The summed E-state index contributed by atoms with van der Waals surface area (Å²) in [4.78, 5) is 12.7. The molecule has 0 saturated heterocycles. The maximum Gasteiger partial charge on any atom is 0.371 e.